The van der Waals surface area contributed by atoms with Crippen LogP contribution in [0.2, 0.25) is 5.15 Å². The molecule has 1 aromatic heterocycles. The molecule has 2 atom stereocenters. The Labute approximate surface area is 249 Å². The van der Waals surface area contributed by atoms with Crippen molar-refractivity contribution in [3.63, 3.8) is 0 Å². The van der Waals surface area contributed by atoms with Crippen molar-refractivity contribution in [3.8, 4) is 16.9 Å². The third kappa shape index (κ3) is 6.56. The molecule has 0 N–H and O–H groups in total. The smallest absolute Gasteiger partial charge is 0.416 e. The number of rotatable bonds is 6. The van der Waals surface area contributed by atoms with Gasteiger partial charge in [0, 0.05) is 11.1 Å². The Kier molecular flexibility index (Phi) is 8.57. The van der Waals surface area contributed by atoms with Crippen molar-refractivity contribution in [1.82, 2.24) is 9.88 Å². The fourth-order valence-corrected chi connectivity index (χ4v) is 6.10. The van der Waals surface area contributed by atoms with Gasteiger partial charge in [-0.2, -0.15) is 26.3 Å². The van der Waals surface area contributed by atoms with Crippen LogP contribution in [0.15, 0.2) is 48.5 Å². The van der Waals surface area contributed by atoms with Crippen LogP contribution in [-0.2, 0) is 23.6 Å². The highest BCUT2D eigenvalue weighted by atomic mass is 35.5. The molecule has 2 fully saturated rings. The number of methoxy groups -OCH3 is 1. The van der Waals surface area contributed by atoms with E-state index < -0.39 is 47.3 Å². The molecular weight excluding hydrogens is 598 g/mol. The van der Waals surface area contributed by atoms with E-state index in [4.69, 9.17) is 21.1 Å². The first kappa shape index (κ1) is 31.0. The lowest BCUT2D eigenvalue weighted by Crippen LogP contribution is -2.32. The summed E-state index contributed by atoms with van der Waals surface area (Å²) < 4.78 is 92.0. The number of alkyl halides is 6. The molecule has 0 unspecified atom stereocenters. The number of amides is 1. The minimum absolute atomic E-state index is 0.0414. The SMILES string of the molecule is COc1ccc(C2CCCCC2)cc1-c1ccc(Cl)nc1CN1C(=O)O[C@H](c2cc(C(F)(F)F)cc(C(F)(F)F)c2)[C@@H]1C. The van der Waals surface area contributed by atoms with E-state index in [-0.39, 0.29) is 17.8 Å². The Hall–Kier alpha value is -3.47. The van der Waals surface area contributed by atoms with Crippen LogP contribution in [0, 0.1) is 0 Å². The molecule has 2 aliphatic rings. The van der Waals surface area contributed by atoms with E-state index in [0.29, 0.717) is 35.1 Å². The van der Waals surface area contributed by atoms with Gasteiger partial charge in [-0.15, -0.1) is 0 Å². The third-order valence-electron chi connectivity index (χ3n) is 8.18. The standard InChI is InChI=1S/C31H29ClF6N2O3/c1-17-28(20-12-21(30(33,34)35)15-22(13-20)31(36,37)38)43-29(41)40(17)16-25-23(9-11-27(32)39-25)24-14-19(8-10-26(24)42-2)18-6-4-3-5-7-18/h8-15,17-18,28H,3-7,16H2,1-2H3/t17-,28-/m0/s1. The third-order valence-corrected chi connectivity index (χ3v) is 8.39. The second kappa shape index (κ2) is 11.9. The van der Waals surface area contributed by atoms with Gasteiger partial charge in [-0.1, -0.05) is 36.9 Å². The van der Waals surface area contributed by atoms with Gasteiger partial charge < -0.3 is 9.47 Å². The van der Waals surface area contributed by atoms with Crippen LogP contribution in [0.4, 0.5) is 31.1 Å². The number of hydrogen-bond donors (Lipinski definition) is 0. The summed E-state index contributed by atoms with van der Waals surface area (Å²) in [7, 11) is 1.54. The summed E-state index contributed by atoms with van der Waals surface area (Å²) in [5.41, 5.74) is -0.501. The second-order valence-electron chi connectivity index (χ2n) is 10.9. The van der Waals surface area contributed by atoms with Gasteiger partial charge in [0.2, 0.25) is 0 Å². The maximum atomic E-state index is 13.5. The van der Waals surface area contributed by atoms with Crippen LogP contribution < -0.4 is 4.74 Å². The van der Waals surface area contributed by atoms with Crippen molar-refractivity contribution < 1.29 is 40.6 Å². The molecule has 12 heteroatoms. The highest BCUT2D eigenvalue weighted by molar-refractivity contribution is 6.29. The zero-order chi connectivity index (χ0) is 31.1. The molecule has 1 aliphatic heterocycles. The number of halogens is 7. The van der Waals surface area contributed by atoms with Gasteiger partial charge in [0.15, 0.2) is 0 Å². The van der Waals surface area contributed by atoms with Crippen molar-refractivity contribution in [1.29, 1.82) is 0 Å². The average Bonchev–Trinajstić information content (AvgIpc) is 3.25. The number of nitrogens with zero attached hydrogens (tertiary/aromatic N) is 2. The Bertz CT molecular complexity index is 1470. The molecule has 43 heavy (non-hydrogen) atoms. The molecule has 5 rings (SSSR count). The lowest BCUT2D eigenvalue weighted by molar-refractivity contribution is -0.143. The largest absolute Gasteiger partial charge is 0.496 e. The predicted octanol–water partition coefficient (Wildman–Crippen LogP) is 9.58. The van der Waals surface area contributed by atoms with Crippen LogP contribution in [0.3, 0.4) is 0 Å². The lowest BCUT2D eigenvalue weighted by atomic mass is 9.83. The van der Waals surface area contributed by atoms with Crippen LogP contribution in [0.25, 0.3) is 11.1 Å². The number of aromatic nitrogens is 1. The monoisotopic (exact) mass is 626 g/mol. The predicted molar refractivity (Wildman–Crippen MR) is 148 cm³/mol. The summed E-state index contributed by atoms with van der Waals surface area (Å²) in [6.07, 6.45) is -6.73. The van der Waals surface area contributed by atoms with Crippen molar-refractivity contribution in [2.75, 3.05) is 7.11 Å². The molecule has 1 amide bonds. The van der Waals surface area contributed by atoms with Crippen LogP contribution in [0.5, 0.6) is 5.75 Å². The van der Waals surface area contributed by atoms with Gasteiger partial charge in [-0.05, 0) is 79.3 Å². The number of pyridine rings is 1. The molecule has 0 spiro atoms. The zero-order valence-corrected chi connectivity index (χ0v) is 24.1. The number of carbonyl (C=O) groups excluding carboxylic acids is 1. The van der Waals surface area contributed by atoms with Crippen molar-refractivity contribution in [3.05, 3.63) is 81.6 Å². The fraction of sp³-hybridized carbons (Fsp3) is 0.419. The van der Waals surface area contributed by atoms with E-state index in [9.17, 15) is 31.1 Å². The topological polar surface area (TPSA) is 51.7 Å². The molecule has 0 radical (unpaired) electrons. The van der Waals surface area contributed by atoms with Gasteiger partial charge >= 0.3 is 18.4 Å². The quantitative estimate of drug-likeness (QED) is 0.202. The summed E-state index contributed by atoms with van der Waals surface area (Å²) in [4.78, 5) is 18.7. The number of cyclic esters (lactones) is 1. The minimum atomic E-state index is -5.04. The Morgan fingerprint density at radius 3 is 2.16 bits per heavy atom. The van der Waals surface area contributed by atoms with Crippen LogP contribution >= 0.6 is 11.6 Å². The molecule has 1 saturated carbocycles. The first-order valence-corrected chi connectivity index (χ1v) is 14.2. The number of benzene rings is 2. The Morgan fingerprint density at radius 2 is 1.56 bits per heavy atom. The fourth-order valence-electron chi connectivity index (χ4n) is 5.93. The van der Waals surface area contributed by atoms with Gasteiger partial charge in [-0.25, -0.2) is 9.78 Å². The molecule has 5 nitrogen and oxygen atoms in total. The molecule has 1 aliphatic carbocycles. The minimum Gasteiger partial charge on any atom is -0.496 e. The van der Waals surface area contributed by atoms with Crippen molar-refractivity contribution in [2.24, 2.45) is 0 Å². The molecule has 2 aromatic carbocycles. The van der Waals surface area contributed by atoms with Gasteiger partial charge in [0.05, 0.1) is 36.5 Å². The summed E-state index contributed by atoms with van der Waals surface area (Å²) in [6, 6.07) is 9.58. The summed E-state index contributed by atoms with van der Waals surface area (Å²) >= 11 is 6.24. The summed E-state index contributed by atoms with van der Waals surface area (Å²) in [5.74, 6) is 0.967. The molecule has 0 bridgehead atoms. The molecule has 230 valence electrons. The van der Waals surface area contributed by atoms with Crippen LogP contribution in [0.1, 0.15) is 79.0 Å². The Balaban J connectivity index is 1.50. The van der Waals surface area contributed by atoms with E-state index in [1.165, 1.54) is 25.4 Å². The molecule has 2 heterocycles. The van der Waals surface area contributed by atoms with Gasteiger partial charge in [0.25, 0.3) is 0 Å². The maximum Gasteiger partial charge on any atom is 0.416 e. The molecule has 1 saturated heterocycles. The van der Waals surface area contributed by atoms with Crippen molar-refractivity contribution in [2.45, 2.75) is 76.0 Å². The summed E-state index contributed by atoms with van der Waals surface area (Å²) in [5, 5.41) is 0.144. The van der Waals surface area contributed by atoms with E-state index >= 15 is 0 Å². The average molecular weight is 627 g/mol. The highest BCUT2D eigenvalue weighted by Gasteiger charge is 2.43. The molecular formula is C31H29ClF6N2O3. The van der Waals surface area contributed by atoms with E-state index in [0.717, 1.165) is 36.8 Å². The van der Waals surface area contributed by atoms with E-state index in [1.807, 2.05) is 18.2 Å². The van der Waals surface area contributed by atoms with E-state index in [1.54, 1.807) is 12.1 Å². The first-order chi connectivity index (χ1) is 20.3. The van der Waals surface area contributed by atoms with E-state index in [2.05, 4.69) is 4.98 Å². The second-order valence-corrected chi connectivity index (χ2v) is 11.3. The van der Waals surface area contributed by atoms with Crippen molar-refractivity contribution >= 4 is 17.7 Å². The Morgan fingerprint density at radius 1 is 0.907 bits per heavy atom. The van der Waals surface area contributed by atoms with Gasteiger partial charge in [-0.3, -0.25) is 4.90 Å². The number of carbonyl (C=O) groups is 1. The zero-order valence-electron chi connectivity index (χ0n) is 23.4. The number of ether oxygens (including phenoxy) is 2. The maximum absolute atomic E-state index is 13.5. The first-order valence-electron chi connectivity index (χ1n) is 13.9. The normalized spacial score (nSPS) is 19.9. The summed E-state index contributed by atoms with van der Waals surface area (Å²) in [6.45, 7) is 1.34. The molecule has 3 aromatic rings. The van der Waals surface area contributed by atoms with Crippen LogP contribution in [-0.4, -0.2) is 29.1 Å². The van der Waals surface area contributed by atoms with Gasteiger partial charge in [0.1, 0.15) is 17.0 Å². The lowest BCUT2D eigenvalue weighted by Gasteiger charge is -2.25. The highest BCUT2D eigenvalue weighted by Crippen LogP contribution is 2.43. The number of hydrogen-bond acceptors (Lipinski definition) is 4.